The second-order valence-corrected chi connectivity index (χ2v) is 5.35. The number of hydrogen-bond acceptors (Lipinski definition) is 2. The summed E-state index contributed by atoms with van der Waals surface area (Å²) in [5.41, 5.74) is 0. The summed E-state index contributed by atoms with van der Waals surface area (Å²) in [7, 11) is -3.10. The summed E-state index contributed by atoms with van der Waals surface area (Å²) in [6.45, 7) is 4.38. The fourth-order valence-corrected chi connectivity index (χ4v) is 2.94. The highest BCUT2D eigenvalue weighted by atomic mass is 35.5. The first kappa shape index (κ1) is 13.2. The molecule has 0 aliphatic rings. The van der Waals surface area contributed by atoms with Crippen LogP contribution in [0.1, 0.15) is 26.7 Å². The van der Waals surface area contributed by atoms with Crippen LogP contribution in [0.5, 0.6) is 0 Å². The van der Waals surface area contributed by atoms with Crippen LogP contribution in [0.4, 0.5) is 0 Å². The van der Waals surface area contributed by atoms with Gasteiger partial charge in [-0.25, -0.2) is 8.42 Å². The van der Waals surface area contributed by atoms with Crippen molar-refractivity contribution < 1.29 is 8.42 Å². The Hall–Kier alpha value is 0.200. The van der Waals surface area contributed by atoms with Gasteiger partial charge in [0.2, 0.25) is 10.0 Å². The average Bonchev–Trinajstić information content (AvgIpc) is 2.03. The third-order valence-corrected chi connectivity index (χ3v) is 3.58. The van der Waals surface area contributed by atoms with Crippen LogP contribution in [0, 0.1) is 0 Å². The topological polar surface area (TPSA) is 37.4 Å². The lowest BCUT2D eigenvalue weighted by Crippen LogP contribution is -2.40. The molecule has 3 nitrogen and oxygen atoms in total. The number of nitrogens with zero attached hydrogens (tertiary/aromatic N) is 1. The van der Waals surface area contributed by atoms with Gasteiger partial charge < -0.3 is 0 Å². The van der Waals surface area contributed by atoms with E-state index in [1.165, 1.54) is 10.6 Å². The van der Waals surface area contributed by atoms with Gasteiger partial charge in [0.15, 0.2) is 0 Å². The standard InChI is InChI=1S/C8H18ClNO2S/c1-4-8(5-2)10(7-6-9)13(3,11)12/h8H,4-7H2,1-3H3. The van der Waals surface area contributed by atoms with Gasteiger partial charge >= 0.3 is 0 Å². The van der Waals surface area contributed by atoms with E-state index < -0.39 is 10.0 Å². The molecule has 0 spiro atoms. The fourth-order valence-electron chi connectivity index (χ4n) is 1.40. The molecule has 0 saturated carbocycles. The molecule has 0 bridgehead atoms. The number of sulfonamides is 1. The van der Waals surface area contributed by atoms with Gasteiger partial charge in [0.1, 0.15) is 0 Å². The first-order chi connectivity index (χ1) is 5.97. The normalized spacial score (nSPS) is 12.8. The molecule has 0 aliphatic carbocycles. The molecule has 0 fully saturated rings. The van der Waals surface area contributed by atoms with Gasteiger partial charge in [0.05, 0.1) is 6.26 Å². The van der Waals surface area contributed by atoms with Crippen LogP contribution in [0.25, 0.3) is 0 Å². The number of hydrogen-bond donors (Lipinski definition) is 0. The van der Waals surface area contributed by atoms with E-state index >= 15 is 0 Å². The van der Waals surface area contributed by atoms with Crippen molar-refractivity contribution in [3.05, 3.63) is 0 Å². The summed E-state index contributed by atoms with van der Waals surface area (Å²) in [4.78, 5) is 0. The van der Waals surface area contributed by atoms with Gasteiger partial charge in [-0.15, -0.1) is 11.6 Å². The van der Waals surface area contributed by atoms with Crippen molar-refractivity contribution in [2.24, 2.45) is 0 Å². The van der Waals surface area contributed by atoms with Crippen LogP contribution in [0.2, 0.25) is 0 Å². The van der Waals surface area contributed by atoms with Crippen LogP contribution in [-0.2, 0) is 10.0 Å². The molecule has 0 aromatic carbocycles. The smallest absolute Gasteiger partial charge is 0.211 e. The maximum Gasteiger partial charge on any atom is 0.211 e. The lowest BCUT2D eigenvalue weighted by Gasteiger charge is -2.27. The lowest BCUT2D eigenvalue weighted by atomic mass is 10.2. The zero-order valence-corrected chi connectivity index (χ0v) is 10.0. The minimum atomic E-state index is -3.10. The van der Waals surface area contributed by atoms with Gasteiger partial charge in [-0.05, 0) is 12.8 Å². The van der Waals surface area contributed by atoms with Crippen LogP contribution in [-0.4, -0.2) is 37.4 Å². The third kappa shape index (κ3) is 4.29. The third-order valence-electron chi connectivity index (χ3n) is 2.08. The van der Waals surface area contributed by atoms with E-state index in [-0.39, 0.29) is 6.04 Å². The van der Waals surface area contributed by atoms with Crippen LogP contribution < -0.4 is 0 Å². The number of rotatable bonds is 6. The summed E-state index contributed by atoms with van der Waals surface area (Å²) in [5.74, 6) is 0.351. The average molecular weight is 228 g/mol. The van der Waals surface area contributed by atoms with Gasteiger partial charge in [0, 0.05) is 18.5 Å². The summed E-state index contributed by atoms with van der Waals surface area (Å²) >= 11 is 5.55. The van der Waals surface area contributed by atoms with Gasteiger partial charge in [-0.2, -0.15) is 4.31 Å². The highest BCUT2D eigenvalue weighted by molar-refractivity contribution is 7.88. The second-order valence-electron chi connectivity index (χ2n) is 3.03. The molecule has 80 valence electrons. The molecular formula is C8H18ClNO2S. The second kappa shape index (κ2) is 5.83. The van der Waals surface area contributed by atoms with Crippen molar-refractivity contribution in [1.82, 2.24) is 4.31 Å². The Bertz CT molecular complexity index is 224. The Morgan fingerprint density at radius 3 is 2.00 bits per heavy atom. The minimum Gasteiger partial charge on any atom is -0.212 e. The molecule has 0 atom stereocenters. The molecule has 0 amide bonds. The van der Waals surface area contributed by atoms with Crippen molar-refractivity contribution in [2.75, 3.05) is 18.7 Å². The SMILES string of the molecule is CCC(CC)N(CCCl)S(C)(=O)=O. The quantitative estimate of drug-likeness (QED) is 0.648. The molecule has 0 aromatic rings. The number of alkyl halides is 1. The summed E-state index contributed by atoms with van der Waals surface area (Å²) in [6.07, 6.45) is 2.90. The van der Waals surface area contributed by atoms with E-state index in [1.807, 2.05) is 13.8 Å². The van der Waals surface area contributed by atoms with E-state index in [4.69, 9.17) is 11.6 Å². The largest absolute Gasteiger partial charge is 0.212 e. The van der Waals surface area contributed by atoms with Crippen molar-refractivity contribution in [2.45, 2.75) is 32.7 Å². The van der Waals surface area contributed by atoms with E-state index in [2.05, 4.69) is 0 Å². The summed E-state index contributed by atoms with van der Waals surface area (Å²) in [6, 6.07) is 0.0914. The molecule has 0 radical (unpaired) electrons. The minimum absolute atomic E-state index is 0.0914. The molecular weight excluding hydrogens is 210 g/mol. The van der Waals surface area contributed by atoms with Crippen molar-refractivity contribution in [1.29, 1.82) is 0 Å². The number of halogens is 1. The Labute approximate surface area is 86.1 Å². The Kier molecular flexibility index (Phi) is 5.92. The lowest BCUT2D eigenvalue weighted by molar-refractivity contribution is 0.319. The maximum atomic E-state index is 11.3. The van der Waals surface area contributed by atoms with Gasteiger partial charge in [-0.1, -0.05) is 13.8 Å². The molecule has 0 heterocycles. The van der Waals surface area contributed by atoms with Gasteiger partial charge in [-0.3, -0.25) is 0 Å². The maximum absolute atomic E-state index is 11.3. The summed E-state index contributed by atoms with van der Waals surface area (Å²) < 4.78 is 24.2. The zero-order valence-electron chi connectivity index (χ0n) is 8.46. The Morgan fingerprint density at radius 1 is 1.31 bits per heavy atom. The van der Waals surface area contributed by atoms with Crippen LogP contribution >= 0.6 is 11.6 Å². The first-order valence-corrected chi connectivity index (χ1v) is 6.88. The van der Waals surface area contributed by atoms with E-state index in [0.717, 1.165) is 12.8 Å². The van der Waals surface area contributed by atoms with E-state index in [0.29, 0.717) is 12.4 Å². The Balaban J connectivity index is 4.58. The van der Waals surface area contributed by atoms with Crippen LogP contribution in [0.3, 0.4) is 0 Å². The van der Waals surface area contributed by atoms with Gasteiger partial charge in [0.25, 0.3) is 0 Å². The molecule has 0 rings (SSSR count). The molecule has 13 heavy (non-hydrogen) atoms. The van der Waals surface area contributed by atoms with E-state index in [1.54, 1.807) is 0 Å². The van der Waals surface area contributed by atoms with Crippen molar-refractivity contribution in [3.63, 3.8) is 0 Å². The van der Waals surface area contributed by atoms with Crippen LogP contribution in [0.15, 0.2) is 0 Å². The molecule has 0 unspecified atom stereocenters. The monoisotopic (exact) mass is 227 g/mol. The summed E-state index contributed by atoms with van der Waals surface area (Å²) in [5, 5.41) is 0. The molecule has 0 saturated heterocycles. The molecule has 0 aliphatic heterocycles. The fraction of sp³-hybridized carbons (Fsp3) is 1.00. The Morgan fingerprint density at radius 2 is 1.77 bits per heavy atom. The van der Waals surface area contributed by atoms with Crippen molar-refractivity contribution in [3.8, 4) is 0 Å². The zero-order chi connectivity index (χ0) is 10.5. The highest BCUT2D eigenvalue weighted by Gasteiger charge is 2.22. The first-order valence-electron chi connectivity index (χ1n) is 4.50. The molecule has 0 aromatic heterocycles. The predicted octanol–water partition coefficient (Wildman–Crippen LogP) is 1.68. The van der Waals surface area contributed by atoms with Crippen molar-refractivity contribution >= 4 is 21.6 Å². The predicted molar refractivity (Wildman–Crippen MR) is 56.6 cm³/mol. The van der Waals surface area contributed by atoms with E-state index in [9.17, 15) is 8.42 Å². The molecule has 5 heteroatoms. The highest BCUT2D eigenvalue weighted by Crippen LogP contribution is 2.12. The molecule has 0 N–H and O–H groups in total.